The highest BCUT2D eigenvalue weighted by Crippen LogP contribution is 2.38. The molecule has 5 nitrogen and oxygen atoms in total. The van der Waals surface area contributed by atoms with Crippen molar-refractivity contribution in [3.8, 4) is 28.6 Å². The Bertz CT molecular complexity index is 1300. The number of amides is 1. The summed E-state index contributed by atoms with van der Waals surface area (Å²) in [5, 5.41) is 13.7. The molecular weight excluding hydrogens is 460 g/mol. The van der Waals surface area contributed by atoms with Gasteiger partial charge in [-0.05, 0) is 38.2 Å². The monoisotopic (exact) mass is 484 g/mol. The van der Waals surface area contributed by atoms with E-state index in [-0.39, 0.29) is 11.2 Å². The van der Waals surface area contributed by atoms with E-state index in [4.69, 9.17) is 4.98 Å². The van der Waals surface area contributed by atoms with Crippen LogP contribution < -0.4 is 5.32 Å². The number of aryl methyl sites for hydroxylation is 1. The molecule has 0 fully saturated rings. The van der Waals surface area contributed by atoms with Crippen molar-refractivity contribution in [1.82, 2.24) is 9.97 Å². The van der Waals surface area contributed by atoms with Gasteiger partial charge in [-0.3, -0.25) is 4.79 Å². The molecule has 1 amide bonds. The van der Waals surface area contributed by atoms with Gasteiger partial charge in [-0.15, -0.1) is 11.3 Å². The van der Waals surface area contributed by atoms with Crippen molar-refractivity contribution >= 4 is 34.0 Å². The maximum atomic E-state index is 13.1. The summed E-state index contributed by atoms with van der Waals surface area (Å²) in [6.07, 6.45) is 4.16. The number of nitriles is 1. The normalized spacial score (nSPS) is 13.6. The van der Waals surface area contributed by atoms with Crippen molar-refractivity contribution in [3.05, 3.63) is 76.7 Å². The molecule has 1 atom stereocenters. The second kappa shape index (κ2) is 9.88. The Labute approximate surface area is 207 Å². The van der Waals surface area contributed by atoms with Crippen molar-refractivity contribution in [3.63, 3.8) is 0 Å². The van der Waals surface area contributed by atoms with Crippen LogP contribution in [0.2, 0.25) is 0 Å². The van der Waals surface area contributed by atoms with E-state index >= 15 is 0 Å². The van der Waals surface area contributed by atoms with E-state index in [1.54, 1.807) is 11.3 Å². The number of anilines is 1. The number of aromatic nitrogens is 2. The van der Waals surface area contributed by atoms with E-state index in [1.165, 1.54) is 16.6 Å². The third-order valence-electron chi connectivity index (χ3n) is 5.97. The molecule has 0 radical (unpaired) electrons. The average molecular weight is 485 g/mol. The summed E-state index contributed by atoms with van der Waals surface area (Å²) >= 11 is 2.94. The first kappa shape index (κ1) is 22.5. The number of carbonyl (C=O) groups is 1. The van der Waals surface area contributed by atoms with Crippen molar-refractivity contribution in [2.75, 3.05) is 5.32 Å². The number of carbonyl (C=O) groups excluding carboxylic acids is 1. The molecule has 34 heavy (non-hydrogen) atoms. The molecule has 0 bridgehead atoms. The van der Waals surface area contributed by atoms with Gasteiger partial charge in [0.25, 0.3) is 0 Å². The first-order valence-electron chi connectivity index (χ1n) is 11.4. The molecule has 2 aromatic heterocycles. The summed E-state index contributed by atoms with van der Waals surface area (Å²) in [4.78, 5) is 22.6. The molecule has 1 aliphatic carbocycles. The van der Waals surface area contributed by atoms with Crippen LogP contribution in [-0.4, -0.2) is 21.1 Å². The van der Waals surface area contributed by atoms with Gasteiger partial charge in [-0.2, -0.15) is 5.26 Å². The lowest BCUT2D eigenvalue weighted by Crippen LogP contribution is -2.22. The minimum absolute atomic E-state index is 0.126. The van der Waals surface area contributed by atoms with Gasteiger partial charge in [0.2, 0.25) is 5.91 Å². The predicted molar refractivity (Wildman–Crippen MR) is 139 cm³/mol. The quantitative estimate of drug-likeness (QED) is 0.299. The Hall–Kier alpha value is -3.34. The Morgan fingerprint density at radius 1 is 1.09 bits per heavy atom. The number of imidazole rings is 1. The molecule has 170 valence electrons. The van der Waals surface area contributed by atoms with Gasteiger partial charge in [-0.1, -0.05) is 72.4 Å². The van der Waals surface area contributed by atoms with Gasteiger partial charge >= 0.3 is 0 Å². The van der Waals surface area contributed by atoms with Crippen molar-refractivity contribution in [2.45, 2.75) is 43.0 Å². The fraction of sp³-hybridized carbons (Fsp3) is 0.222. The SMILES string of the molecule is CC(Sc1nc(-c2ccccc2)c(-c2ccccc2)[nH]1)C(=O)Nc1sc2c(c1C#N)CCCC2. The van der Waals surface area contributed by atoms with Crippen LogP contribution in [0.3, 0.4) is 0 Å². The first-order valence-corrected chi connectivity index (χ1v) is 13.1. The van der Waals surface area contributed by atoms with Crippen LogP contribution in [0.15, 0.2) is 65.8 Å². The molecule has 0 saturated heterocycles. The Morgan fingerprint density at radius 3 is 2.47 bits per heavy atom. The van der Waals surface area contributed by atoms with Crippen LogP contribution in [0.25, 0.3) is 22.5 Å². The van der Waals surface area contributed by atoms with Crippen molar-refractivity contribution in [2.24, 2.45) is 0 Å². The number of hydrogen-bond acceptors (Lipinski definition) is 5. The fourth-order valence-electron chi connectivity index (χ4n) is 4.23. The maximum Gasteiger partial charge on any atom is 0.238 e. The Balaban J connectivity index is 1.38. The van der Waals surface area contributed by atoms with Crippen LogP contribution in [0.1, 0.15) is 35.8 Å². The summed E-state index contributed by atoms with van der Waals surface area (Å²) in [7, 11) is 0. The summed E-state index contributed by atoms with van der Waals surface area (Å²) in [6.45, 7) is 1.87. The molecule has 1 aliphatic rings. The molecule has 1 unspecified atom stereocenters. The number of hydrogen-bond donors (Lipinski definition) is 2. The van der Waals surface area contributed by atoms with E-state index < -0.39 is 0 Å². The summed E-state index contributed by atoms with van der Waals surface area (Å²) < 4.78 is 0. The summed E-state index contributed by atoms with van der Waals surface area (Å²) in [5.74, 6) is -0.126. The Morgan fingerprint density at radius 2 is 1.76 bits per heavy atom. The van der Waals surface area contributed by atoms with Crippen molar-refractivity contribution in [1.29, 1.82) is 5.26 Å². The molecule has 2 aromatic carbocycles. The number of thiophene rings is 1. The van der Waals surface area contributed by atoms with Crippen LogP contribution in [0.5, 0.6) is 0 Å². The topological polar surface area (TPSA) is 81.6 Å². The molecule has 2 N–H and O–H groups in total. The standard InChI is InChI=1S/C27H24N4OS2/c1-17(25(32)31-26-21(16-28)20-14-8-9-15-22(20)34-26)33-27-29-23(18-10-4-2-5-11-18)24(30-27)19-12-6-3-7-13-19/h2-7,10-13,17H,8-9,14-15H2,1H3,(H,29,30)(H,31,32). The molecular formula is C27H24N4OS2. The highest BCUT2D eigenvalue weighted by Gasteiger charge is 2.25. The minimum atomic E-state index is -0.385. The molecule has 0 spiro atoms. The average Bonchev–Trinajstić information content (AvgIpc) is 3.46. The molecule has 0 aliphatic heterocycles. The van der Waals surface area contributed by atoms with Crippen LogP contribution >= 0.6 is 23.1 Å². The predicted octanol–water partition coefficient (Wildman–Crippen LogP) is 6.67. The fourth-order valence-corrected chi connectivity index (χ4v) is 6.28. The van der Waals surface area contributed by atoms with E-state index in [9.17, 15) is 10.1 Å². The zero-order chi connectivity index (χ0) is 23.5. The summed E-state index contributed by atoms with van der Waals surface area (Å²) in [6, 6.07) is 22.5. The molecule has 5 rings (SSSR count). The number of nitrogens with zero attached hydrogens (tertiary/aromatic N) is 2. The first-order chi connectivity index (χ1) is 16.6. The second-order valence-corrected chi connectivity index (χ2v) is 10.7. The lowest BCUT2D eigenvalue weighted by atomic mass is 9.96. The van der Waals surface area contributed by atoms with Crippen molar-refractivity contribution < 1.29 is 4.79 Å². The summed E-state index contributed by atoms with van der Waals surface area (Å²) in [5.41, 5.74) is 5.62. The number of nitrogens with one attached hydrogen (secondary N) is 2. The molecule has 2 heterocycles. The third kappa shape index (κ3) is 4.52. The smallest absolute Gasteiger partial charge is 0.238 e. The number of aromatic amines is 1. The zero-order valence-corrected chi connectivity index (χ0v) is 20.4. The van der Waals surface area contributed by atoms with E-state index in [0.29, 0.717) is 15.7 Å². The van der Waals surface area contributed by atoms with Gasteiger partial charge in [0.05, 0.1) is 22.2 Å². The number of benzene rings is 2. The number of rotatable bonds is 6. The highest BCUT2D eigenvalue weighted by atomic mass is 32.2. The number of H-pyrrole nitrogens is 1. The number of thioether (sulfide) groups is 1. The maximum absolute atomic E-state index is 13.1. The largest absolute Gasteiger partial charge is 0.332 e. The Kier molecular flexibility index (Phi) is 6.52. The van der Waals surface area contributed by atoms with Gasteiger partial charge in [0, 0.05) is 16.0 Å². The molecule has 0 saturated carbocycles. The van der Waals surface area contributed by atoms with Crippen LogP contribution in [0, 0.1) is 11.3 Å². The van der Waals surface area contributed by atoms with E-state index in [0.717, 1.165) is 53.8 Å². The molecule has 7 heteroatoms. The zero-order valence-electron chi connectivity index (χ0n) is 18.8. The lowest BCUT2D eigenvalue weighted by molar-refractivity contribution is -0.115. The number of fused-ring (bicyclic) bond motifs is 1. The van der Waals surface area contributed by atoms with Crippen LogP contribution in [-0.2, 0) is 17.6 Å². The van der Waals surface area contributed by atoms with E-state index in [2.05, 4.69) is 16.4 Å². The van der Waals surface area contributed by atoms with E-state index in [1.807, 2.05) is 67.6 Å². The minimum Gasteiger partial charge on any atom is -0.332 e. The van der Waals surface area contributed by atoms with Crippen LogP contribution in [0.4, 0.5) is 5.00 Å². The van der Waals surface area contributed by atoms with Gasteiger partial charge in [0.15, 0.2) is 5.16 Å². The molecule has 4 aromatic rings. The van der Waals surface area contributed by atoms with Gasteiger partial charge in [-0.25, -0.2) is 4.98 Å². The van der Waals surface area contributed by atoms with Gasteiger partial charge in [0.1, 0.15) is 11.1 Å². The third-order valence-corrected chi connectivity index (χ3v) is 8.16. The van der Waals surface area contributed by atoms with Gasteiger partial charge < -0.3 is 10.3 Å². The second-order valence-electron chi connectivity index (χ2n) is 8.27. The highest BCUT2D eigenvalue weighted by molar-refractivity contribution is 8.00. The lowest BCUT2D eigenvalue weighted by Gasteiger charge is -2.10.